The van der Waals surface area contributed by atoms with Gasteiger partial charge in [-0.2, -0.15) is 5.10 Å². The van der Waals surface area contributed by atoms with Crippen LogP contribution in [0, 0.1) is 0 Å². The molecule has 2 heterocycles. The highest BCUT2D eigenvalue weighted by Gasteiger charge is 2.13. The Morgan fingerprint density at radius 3 is 3.10 bits per heavy atom. The summed E-state index contributed by atoms with van der Waals surface area (Å²) in [6, 6.07) is 7.72. The number of benzene rings is 1. The summed E-state index contributed by atoms with van der Waals surface area (Å²) in [4.78, 5) is 3.93. The first-order chi connectivity index (χ1) is 10.4. The predicted octanol–water partition coefficient (Wildman–Crippen LogP) is 2.19. The Morgan fingerprint density at radius 2 is 2.29 bits per heavy atom. The van der Waals surface area contributed by atoms with Crippen molar-refractivity contribution in [2.75, 3.05) is 19.8 Å². The molecule has 0 amide bonds. The maximum absolute atomic E-state index is 5.69. The molecule has 1 fully saturated rings. The summed E-state index contributed by atoms with van der Waals surface area (Å²) in [7, 11) is 0. The van der Waals surface area contributed by atoms with Crippen molar-refractivity contribution < 1.29 is 14.2 Å². The van der Waals surface area contributed by atoms with Crippen molar-refractivity contribution in [2.45, 2.75) is 25.6 Å². The Bertz CT molecular complexity index is 539. The van der Waals surface area contributed by atoms with Crippen LogP contribution >= 0.6 is 0 Å². The second-order valence-corrected chi connectivity index (χ2v) is 4.85. The van der Waals surface area contributed by atoms with Gasteiger partial charge in [0.15, 0.2) is 6.29 Å². The van der Waals surface area contributed by atoms with Gasteiger partial charge in [-0.15, -0.1) is 0 Å². The minimum atomic E-state index is -0.0659. The first-order valence-electron chi connectivity index (χ1n) is 7.23. The van der Waals surface area contributed by atoms with Gasteiger partial charge in [0.25, 0.3) is 0 Å². The minimum Gasteiger partial charge on any atom is -0.491 e. The Balaban J connectivity index is 1.46. The van der Waals surface area contributed by atoms with Gasteiger partial charge in [-0.05, 0) is 31.4 Å². The quantitative estimate of drug-likeness (QED) is 0.763. The molecule has 21 heavy (non-hydrogen) atoms. The number of nitrogens with zero attached hydrogens (tertiary/aromatic N) is 3. The van der Waals surface area contributed by atoms with Crippen LogP contribution in [-0.2, 0) is 9.47 Å². The van der Waals surface area contributed by atoms with Gasteiger partial charge in [-0.25, -0.2) is 9.67 Å². The van der Waals surface area contributed by atoms with E-state index in [0.717, 1.165) is 30.9 Å². The Labute approximate surface area is 123 Å². The summed E-state index contributed by atoms with van der Waals surface area (Å²) >= 11 is 0. The molecule has 2 aromatic rings. The van der Waals surface area contributed by atoms with Crippen LogP contribution in [0.4, 0.5) is 0 Å². The zero-order chi connectivity index (χ0) is 14.3. The average molecular weight is 289 g/mol. The summed E-state index contributed by atoms with van der Waals surface area (Å²) in [5.74, 6) is 0.788. The molecule has 0 N–H and O–H groups in total. The fourth-order valence-corrected chi connectivity index (χ4v) is 2.24. The molecule has 3 rings (SSSR count). The fraction of sp³-hybridized carbons (Fsp3) is 0.467. The first kappa shape index (κ1) is 14.0. The lowest BCUT2D eigenvalue weighted by molar-refractivity contribution is -0.165. The normalized spacial score (nSPS) is 18.6. The lowest BCUT2D eigenvalue weighted by Crippen LogP contribution is -2.24. The van der Waals surface area contributed by atoms with Crippen LogP contribution < -0.4 is 4.74 Å². The van der Waals surface area contributed by atoms with Gasteiger partial charge in [-0.3, -0.25) is 0 Å². The van der Waals surface area contributed by atoms with E-state index in [4.69, 9.17) is 14.2 Å². The Kier molecular flexibility index (Phi) is 4.81. The summed E-state index contributed by atoms with van der Waals surface area (Å²) in [5, 5.41) is 4.09. The average Bonchev–Trinajstić information content (AvgIpc) is 3.07. The van der Waals surface area contributed by atoms with Gasteiger partial charge < -0.3 is 14.2 Å². The summed E-state index contributed by atoms with van der Waals surface area (Å²) in [5.41, 5.74) is 0.918. The summed E-state index contributed by atoms with van der Waals surface area (Å²) < 4.78 is 18.5. The highest BCUT2D eigenvalue weighted by Crippen LogP contribution is 2.16. The molecule has 0 saturated carbocycles. The van der Waals surface area contributed by atoms with Crippen LogP contribution in [0.3, 0.4) is 0 Å². The molecule has 1 aromatic carbocycles. The van der Waals surface area contributed by atoms with Crippen LogP contribution in [0.5, 0.6) is 5.75 Å². The molecular formula is C15H19N3O3. The van der Waals surface area contributed by atoms with E-state index in [1.165, 1.54) is 12.7 Å². The molecule has 6 heteroatoms. The molecule has 1 aromatic heterocycles. The second-order valence-electron chi connectivity index (χ2n) is 4.85. The standard InChI is InChI=1S/C15H19N3O3/c1-2-7-20-15(6-1)21-9-8-19-14-5-3-4-13(10-14)18-12-16-11-17-18/h3-5,10-12,15H,1-2,6-9H2/t15-/m1/s1. The van der Waals surface area contributed by atoms with Crippen molar-refractivity contribution in [3.8, 4) is 11.4 Å². The van der Waals surface area contributed by atoms with Crippen LogP contribution in [0.15, 0.2) is 36.9 Å². The largest absolute Gasteiger partial charge is 0.491 e. The van der Waals surface area contributed by atoms with Crippen molar-refractivity contribution in [1.82, 2.24) is 14.8 Å². The maximum atomic E-state index is 5.69. The van der Waals surface area contributed by atoms with Crippen LogP contribution in [-0.4, -0.2) is 40.9 Å². The lowest BCUT2D eigenvalue weighted by Gasteiger charge is -2.22. The third kappa shape index (κ3) is 4.03. The summed E-state index contributed by atoms with van der Waals surface area (Å²) in [6.45, 7) is 1.82. The number of rotatable bonds is 6. The third-order valence-electron chi connectivity index (χ3n) is 3.29. The number of hydrogen-bond donors (Lipinski definition) is 0. The molecule has 1 aliphatic heterocycles. The highest BCUT2D eigenvalue weighted by atomic mass is 16.7. The SMILES string of the molecule is c1cc(OCCO[C@@H]2CCCCO2)cc(-n2cncn2)c1. The van der Waals surface area contributed by atoms with Gasteiger partial charge in [0.2, 0.25) is 0 Å². The van der Waals surface area contributed by atoms with Gasteiger partial charge in [0.1, 0.15) is 25.0 Å². The van der Waals surface area contributed by atoms with E-state index in [1.807, 2.05) is 24.3 Å². The topological polar surface area (TPSA) is 58.4 Å². The van der Waals surface area contributed by atoms with E-state index in [0.29, 0.717) is 13.2 Å². The van der Waals surface area contributed by atoms with Gasteiger partial charge in [-0.1, -0.05) is 6.07 Å². The first-order valence-corrected chi connectivity index (χ1v) is 7.23. The molecule has 0 unspecified atom stereocenters. The molecule has 112 valence electrons. The molecule has 1 saturated heterocycles. The van der Waals surface area contributed by atoms with E-state index in [-0.39, 0.29) is 6.29 Å². The predicted molar refractivity (Wildman–Crippen MR) is 76.4 cm³/mol. The van der Waals surface area contributed by atoms with Gasteiger partial charge in [0, 0.05) is 12.7 Å². The van der Waals surface area contributed by atoms with Crippen molar-refractivity contribution in [2.24, 2.45) is 0 Å². The minimum absolute atomic E-state index is 0.0659. The van der Waals surface area contributed by atoms with Crippen molar-refractivity contribution in [3.63, 3.8) is 0 Å². The maximum Gasteiger partial charge on any atom is 0.157 e. The van der Waals surface area contributed by atoms with Crippen LogP contribution in [0.1, 0.15) is 19.3 Å². The molecule has 1 atom stereocenters. The van der Waals surface area contributed by atoms with Crippen molar-refractivity contribution >= 4 is 0 Å². The highest BCUT2D eigenvalue weighted by molar-refractivity contribution is 5.38. The molecule has 0 aliphatic carbocycles. The molecule has 6 nitrogen and oxygen atoms in total. The van der Waals surface area contributed by atoms with E-state index < -0.39 is 0 Å². The number of aromatic nitrogens is 3. The number of ether oxygens (including phenoxy) is 3. The second kappa shape index (κ2) is 7.19. The van der Waals surface area contributed by atoms with E-state index >= 15 is 0 Å². The van der Waals surface area contributed by atoms with Gasteiger partial charge >= 0.3 is 0 Å². The van der Waals surface area contributed by atoms with E-state index in [2.05, 4.69) is 10.1 Å². The fourth-order valence-electron chi connectivity index (χ4n) is 2.24. The third-order valence-corrected chi connectivity index (χ3v) is 3.29. The Hall–Kier alpha value is -1.92. The van der Waals surface area contributed by atoms with Crippen LogP contribution in [0.25, 0.3) is 5.69 Å². The van der Waals surface area contributed by atoms with Crippen molar-refractivity contribution in [3.05, 3.63) is 36.9 Å². The van der Waals surface area contributed by atoms with Gasteiger partial charge in [0.05, 0.1) is 12.3 Å². The van der Waals surface area contributed by atoms with E-state index in [1.54, 1.807) is 11.0 Å². The number of hydrogen-bond acceptors (Lipinski definition) is 5. The Morgan fingerprint density at radius 1 is 1.29 bits per heavy atom. The van der Waals surface area contributed by atoms with E-state index in [9.17, 15) is 0 Å². The zero-order valence-corrected chi connectivity index (χ0v) is 11.9. The molecule has 0 radical (unpaired) electrons. The molecule has 0 spiro atoms. The van der Waals surface area contributed by atoms with Crippen LogP contribution in [0.2, 0.25) is 0 Å². The van der Waals surface area contributed by atoms with Crippen molar-refractivity contribution in [1.29, 1.82) is 0 Å². The molecule has 1 aliphatic rings. The monoisotopic (exact) mass is 289 g/mol. The molecular weight excluding hydrogens is 270 g/mol. The summed E-state index contributed by atoms with van der Waals surface area (Å²) in [6.07, 6.45) is 6.37. The smallest absolute Gasteiger partial charge is 0.157 e. The zero-order valence-electron chi connectivity index (χ0n) is 11.9. The molecule has 0 bridgehead atoms. The lowest BCUT2D eigenvalue weighted by atomic mass is 10.2.